The zero-order valence-corrected chi connectivity index (χ0v) is 14.2. The molecule has 2 aromatic carbocycles. The number of halogens is 3. The largest absolute Gasteiger partial charge is 0.496 e. The average molecular weight is 350 g/mol. The summed E-state index contributed by atoms with van der Waals surface area (Å²) in [5, 5.41) is 0. The number of esters is 1. The number of alkyl halides is 3. The van der Waals surface area contributed by atoms with Gasteiger partial charge in [0, 0.05) is 5.56 Å². The van der Waals surface area contributed by atoms with Crippen LogP contribution in [0.1, 0.15) is 16.7 Å². The van der Waals surface area contributed by atoms with Gasteiger partial charge in [-0.1, -0.05) is 18.5 Å². The van der Waals surface area contributed by atoms with Crippen LogP contribution in [-0.4, -0.2) is 28.0 Å². The Labute approximate surface area is 145 Å². The highest BCUT2D eigenvalue weighted by Gasteiger charge is 2.31. The van der Waals surface area contributed by atoms with Crippen LogP contribution in [0.3, 0.4) is 0 Å². The van der Waals surface area contributed by atoms with Crippen LogP contribution in [0.4, 0.5) is 13.2 Å². The van der Waals surface area contributed by atoms with Crippen LogP contribution in [0.2, 0.25) is 0 Å². The van der Waals surface area contributed by atoms with Crippen LogP contribution in [0.15, 0.2) is 36.4 Å². The van der Waals surface area contributed by atoms with Gasteiger partial charge in [-0.3, -0.25) is 4.79 Å². The molecule has 0 N–H and O–H groups in total. The van der Waals surface area contributed by atoms with E-state index in [4.69, 9.17) is 4.74 Å². The highest BCUT2D eigenvalue weighted by atomic mass is 19.4. The van der Waals surface area contributed by atoms with Crippen molar-refractivity contribution >= 4 is 13.8 Å². The molecule has 0 saturated carbocycles. The lowest BCUT2D eigenvalue weighted by molar-refractivity contribution is -0.140. The van der Waals surface area contributed by atoms with E-state index in [1.165, 1.54) is 20.3 Å². The van der Waals surface area contributed by atoms with Crippen molar-refractivity contribution in [2.75, 3.05) is 14.2 Å². The van der Waals surface area contributed by atoms with Crippen molar-refractivity contribution in [2.45, 2.75) is 18.9 Å². The Morgan fingerprint density at radius 3 is 2.36 bits per heavy atom. The van der Waals surface area contributed by atoms with Gasteiger partial charge in [0.05, 0.1) is 26.2 Å². The van der Waals surface area contributed by atoms with Gasteiger partial charge in [0.1, 0.15) is 13.6 Å². The Balaban J connectivity index is 2.55. The van der Waals surface area contributed by atoms with Crippen LogP contribution in [0.25, 0.3) is 11.1 Å². The lowest BCUT2D eigenvalue weighted by atomic mass is 9.87. The molecular formula is C18H18BF3O3. The second-order valence-electron chi connectivity index (χ2n) is 5.51. The molecule has 0 radical (unpaired) electrons. The summed E-state index contributed by atoms with van der Waals surface area (Å²) in [6, 6.07) is 8.83. The standard InChI is InChI=1S/C18H18BF3O3/c1-24-16-6-3-11(8-17(23)25-2)7-15(16)14-5-4-13(18(20,21)22)9-12(14)10-19/h3-7,9H,8,10,19H2,1-2H3. The van der Waals surface area contributed by atoms with Crippen molar-refractivity contribution in [3.05, 3.63) is 53.1 Å². The molecule has 0 heterocycles. The number of carbonyl (C=O) groups excluding carboxylic acids is 1. The second-order valence-corrected chi connectivity index (χ2v) is 5.51. The number of hydrogen-bond acceptors (Lipinski definition) is 3. The molecule has 25 heavy (non-hydrogen) atoms. The van der Waals surface area contributed by atoms with Crippen LogP contribution in [-0.2, 0) is 28.4 Å². The molecule has 2 rings (SSSR count). The summed E-state index contributed by atoms with van der Waals surface area (Å²) in [6.07, 6.45) is -3.88. The molecule has 0 atom stereocenters. The fraction of sp³-hybridized carbons (Fsp3) is 0.278. The lowest BCUT2D eigenvalue weighted by Crippen LogP contribution is -2.07. The predicted octanol–water partition coefficient (Wildman–Crippen LogP) is 3.23. The quantitative estimate of drug-likeness (QED) is 0.614. The molecule has 7 heteroatoms. The van der Waals surface area contributed by atoms with Crippen molar-refractivity contribution in [3.63, 3.8) is 0 Å². The first-order chi connectivity index (χ1) is 11.8. The van der Waals surface area contributed by atoms with Crippen molar-refractivity contribution in [1.82, 2.24) is 0 Å². The highest BCUT2D eigenvalue weighted by molar-refractivity contribution is 6.09. The minimum absolute atomic E-state index is 0.0790. The Hall–Kier alpha value is -2.44. The van der Waals surface area contributed by atoms with Gasteiger partial charge in [-0.05, 0) is 41.0 Å². The maximum absolute atomic E-state index is 13.0. The monoisotopic (exact) mass is 350 g/mol. The van der Waals surface area contributed by atoms with Crippen LogP contribution in [0, 0.1) is 0 Å². The molecule has 0 fully saturated rings. The fourth-order valence-electron chi connectivity index (χ4n) is 2.64. The summed E-state index contributed by atoms with van der Waals surface area (Å²) < 4.78 is 48.9. The first kappa shape index (κ1) is 18.9. The molecule has 132 valence electrons. The zero-order valence-electron chi connectivity index (χ0n) is 14.2. The van der Waals surface area contributed by atoms with Crippen LogP contribution in [0.5, 0.6) is 5.75 Å². The van der Waals surface area contributed by atoms with Crippen LogP contribution >= 0.6 is 0 Å². The molecule has 0 spiro atoms. The third kappa shape index (κ3) is 4.35. The van der Waals surface area contributed by atoms with E-state index in [1.54, 1.807) is 26.0 Å². The number of benzene rings is 2. The van der Waals surface area contributed by atoms with Gasteiger partial charge >= 0.3 is 12.1 Å². The topological polar surface area (TPSA) is 35.5 Å². The highest BCUT2D eigenvalue weighted by Crippen LogP contribution is 2.37. The van der Waals surface area contributed by atoms with E-state index >= 15 is 0 Å². The Morgan fingerprint density at radius 2 is 1.80 bits per heavy atom. The summed E-state index contributed by atoms with van der Waals surface area (Å²) in [7, 11) is 4.59. The predicted molar refractivity (Wildman–Crippen MR) is 91.4 cm³/mol. The minimum Gasteiger partial charge on any atom is -0.496 e. The van der Waals surface area contributed by atoms with Crippen molar-refractivity contribution < 1.29 is 27.4 Å². The van der Waals surface area contributed by atoms with Crippen molar-refractivity contribution in [2.24, 2.45) is 0 Å². The van der Waals surface area contributed by atoms with Crippen molar-refractivity contribution in [1.29, 1.82) is 0 Å². The summed E-state index contributed by atoms with van der Waals surface area (Å²) in [4.78, 5) is 11.5. The second kappa shape index (κ2) is 7.63. The number of carbonyl (C=O) groups is 1. The summed E-state index contributed by atoms with van der Waals surface area (Å²) in [6.45, 7) is 0. The first-order valence-electron chi connectivity index (χ1n) is 7.74. The SMILES string of the molecule is BCc1cc(C(F)(F)F)ccc1-c1cc(CC(=O)OC)ccc1OC. The number of methoxy groups -OCH3 is 2. The molecule has 0 aliphatic rings. The van der Waals surface area contributed by atoms with Crippen LogP contribution < -0.4 is 4.74 Å². The maximum Gasteiger partial charge on any atom is 0.416 e. The Morgan fingerprint density at radius 1 is 1.08 bits per heavy atom. The van der Waals surface area contributed by atoms with E-state index in [2.05, 4.69) is 4.74 Å². The van der Waals surface area contributed by atoms with E-state index in [0.717, 1.165) is 12.1 Å². The van der Waals surface area contributed by atoms with Gasteiger partial charge < -0.3 is 9.47 Å². The smallest absolute Gasteiger partial charge is 0.416 e. The van der Waals surface area contributed by atoms with Gasteiger partial charge in [0.2, 0.25) is 0 Å². The number of ether oxygens (including phenoxy) is 2. The Bertz CT molecular complexity index is 773. The maximum atomic E-state index is 13.0. The normalized spacial score (nSPS) is 11.2. The summed E-state index contributed by atoms with van der Waals surface area (Å²) in [5.74, 6) is 0.141. The lowest BCUT2D eigenvalue weighted by Gasteiger charge is -2.16. The molecule has 0 unspecified atom stereocenters. The third-order valence-electron chi connectivity index (χ3n) is 3.94. The molecule has 0 aliphatic carbocycles. The molecule has 0 bridgehead atoms. The van der Waals surface area contributed by atoms with E-state index < -0.39 is 11.7 Å². The summed E-state index contributed by atoms with van der Waals surface area (Å²) in [5.41, 5.74) is 1.87. The van der Waals surface area contributed by atoms with Gasteiger partial charge in [-0.15, -0.1) is 0 Å². The van der Waals surface area contributed by atoms with Gasteiger partial charge in [-0.25, -0.2) is 0 Å². The molecular weight excluding hydrogens is 332 g/mol. The number of hydrogen-bond donors (Lipinski definition) is 0. The van der Waals surface area contributed by atoms with Gasteiger partial charge in [0.15, 0.2) is 0 Å². The third-order valence-corrected chi connectivity index (χ3v) is 3.94. The van der Waals surface area contributed by atoms with Gasteiger partial charge in [0.25, 0.3) is 0 Å². The Kier molecular flexibility index (Phi) is 5.77. The molecule has 0 amide bonds. The van der Waals surface area contributed by atoms with Gasteiger partial charge in [-0.2, -0.15) is 13.2 Å². The molecule has 0 saturated heterocycles. The van der Waals surface area contributed by atoms with E-state index in [-0.39, 0.29) is 12.4 Å². The zero-order chi connectivity index (χ0) is 18.6. The summed E-state index contributed by atoms with van der Waals surface area (Å²) >= 11 is 0. The van der Waals surface area contributed by atoms with Crippen molar-refractivity contribution in [3.8, 4) is 16.9 Å². The molecule has 0 aliphatic heterocycles. The molecule has 0 aromatic heterocycles. The average Bonchev–Trinajstić information content (AvgIpc) is 2.60. The first-order valence-corrected chi connectivity index (χ1v) is 7.74. The fourth-order valence-corrected chi connectivity index (χ4v) is 2.64. The van der Waals surface area contributed by atoms with E-state index in [0.29, 0.717) is 34.3 Å². The molecule has 3 nitrogen and oxygen atoms in total. The van der Waals surface area contributed by atoms with E-state index in [1.807, 2.05) is 0 Å². The van der Waals surface area contributed by atoms with E-state index in [9.17, 15) is 18.0 Å². The molecule has 2 aromatic rings. The minimum atomic E-state index is -4.39. The number of rotatable bonds is 5.